The monoisotopic (exact) mass is 355 g/mol. The van der Waals surface area contributed by atoms with Crippen molar-refractivity contribution >= 4 is 21.9 Å². The fourth-order valence-corrected chi connectivity index (χ4v) is 2.46. The van der Waals surface area contributed by atoms with Gasteiger partial charge in [0.25, 0.3) is 0 Å². The number of halogens is 2. The molecule has 0 aliphatic heterocycles. The highest BCUT2D eigenvalue weighted by Crippen LogP contribution is 2.30. The van der Waals surface area contributed by atoms with Crippen molar-refractivity contribution in [2.24, 2.45) is 0 Å². The zero-order valence-electron chi connectivity index (χ0n) is 12.1. The normalized spacial score (nSPS) is 11.7. The van der Waals surface area contributed by atoms with Gasteiger partial charge in [-0.25, -0.2) is 13.9 Å². The highest BCUT2D eigenvalue weighted by Gasteiger charge is 2.30. The highest BCUT2D eigenvalue weighted by atomic mass is 79.9. The Bertz CT molecular complexity index is 720. The first-order chi connectivity index (χ1) is 9.62. The number of nitrogens with zero attached hydrogens (tertiary/aromatic N) is 3. The van der Waals surface area contributed by atoms with Gasteiger partial charge in [-0.2, -0.15) is 0 Å². The molecular formula is C14H15BrFN3O2. The van der Waals surface area contributed by atoms with Gasteiger partial charge >= 0.3 is 5.97 Å². The molecule has 1 aromatic carbocycles. The smallest absolute Gasteiger partial charge is 0.358 e. The van der Waals surface area contributed by atoms with E-state index in [1.54, 1.807) is 13.0 Å². The van der Waals surface area contributed by atoms with Gasteiger partial charge in [0.15, 0.2) is 5.69 Å². The van der Waals surface area contributed by atoms with Crippen LogP contribution in [0, 0.1) is 12.7 Å². The van der Waals surface area contributed by atoms with Crippen LogP contribution in [0.25, 0.3) is 5.69 Å². The molecule has 2 aromatic rings. The largest absolute Gasteiger partial charge is 0.476 e. The fourth-order valence-electron chi connectivity index (χ4n) is 2.13. The quantitative estimate of drug-likeness (QED) is 0.895. The molecule has 0 unspecified atom stereocenters. The van der Waals surface area contributed by atoms with Crippen LogP contribution in [0.15, 0.2) is 16.6 Å². The van der Waals surface area contributed by atoms with Crippen LogP contribution in [0.4, 0.5) is 4.39 Å². The maximum atomic E-state index is 13.6. The van der Waals surface area contributed by atoms with Crippen molar-refractivity contribution in [1.29, 1.82) is 0 Å². The zero-order valence-corrected chi connectivity index (χ0v) is 13.7. The molecular weight excluding hydrogens is 341 g/mol. The molecule has 0 saturated heterocycles. The van der Waals surface area contributed by atoms with Crippen molar-refractivity contribution in [3.8, 4) is 5.69 Å². The minimum Gasteiger partial charge on any atom is -0.476 e. The van der Waals surface area contributed by atoms with Crippen molar-refractivity contribution in [3.63, 3.8) is 0 Å². The first kappa shape index (κ1) is 15.6. The second-order valence-electron chi connectivity index (χ2n) is 5.81. The van der Waals surface area contributed by atoms with Crippen LogP contribution < -0.4 is 0 Å². The molecule has 0 radical (unpaired) electrons. The Kier molecular flexibility index (Phi) is 3.88. The van der Waals surface area contributed by atoms with E-state index in [4.69, 9.17) is 0 Å². The van der Waals surface area contributed by atoms with Gasteiger partial charge in [-0.3, -0.25) is 0 Å². The maximum absolute atomic E-state index is 13.6. The predicted octanol–water partition coefficient (Wildman–Crippen LogP) is 3.47. The summed E-state index contributed by atoms with van der Waals surface area (Å²) in [5.74, 6) is -1.52. The second kappa shape index (κ2) is 5.22. The van der Waals surface area contributed by atoms with E-state index in [0.717, 1.165) is 0 Å². The van der Waals surface area contributed by atoms with E-state index >= 15 is 0 Å². The van der Waals surface area contributed by atoms with E-state index in [-0.39, 0.29) is 16.0 Å². The van der Waals surface area contributed by atoms with Crippen LogP contribution >= 0.6 is 15.9 Å². The van der Waals surface area contributed by atoms with Crippen LogP contribution in [0.3, 0.4) is 0 Å². The SMILES string of the molecule is Cc1cc(F)c(Br)cc1-n1nnc(C(=O)O)c1C(C)(C)C. The predicted molar refractivity (Wildman–Crippen MR) is 79.4 cm³/mol. The van der Waals surface area contributed by atoms with Crippen LogP contribution in [-0.4, -0.2) is 26.1 Å². The van der Waals surface area contributed by atoms with E-state index in [2.05, 4.69) is 26.2 Å². The maximum Gasteiger partial charge on any atom is 0.358 e. The second-order valence-corrected chi connectivity index (χ2v) is 6.66. The third-order valence-electron chi connectivity index (χ3n) is 3.05. The molecule has 2 rings (SSSR count). The molecule has 112 valence electrons. The number of aryl methyl sites for hydroxylation is 1. The van der Waals surface area contributed by atoms with Crippen molar-refractivity contribution < 1.29 is 14.3 Å². The topological polar surface area (TPSA) is 68.0 Å². The lowest BCUT2D eigenvalue weighted by atomic mass is 9.90. The van der Waals surface area contributed by atoms with Gasteiger partial charge < -0.3 is 5.11 Å². The number of rotatable bonds is 2. The Morgan fingerprint density at radius 1 is 1.38 bits per heavy atom. The van der Waals surface area contributed by atoms with E-state index < -0.39 is 11.4 Å². The lowest BCUT2D eigenvalue weighted by Gasteiger charge is -2.21. The van der Waals surface area contributed by atoms with Crippen molar-refractivity contribution in [2.75, 3.05) is 0 Å². The number of carboxylic acids is 1. The van der Waals surface area contributed by atoms with E-state index in [0.29, 0.717) is 16.9 Å². The fraction of sp³-hybridized carbons (Fsp3) is 0.357. The minimum atomic E-state index is -1.13. The van der Waals surface area contributed by atoms with Crippen LogP contribution in [0.1, 0.15) is 42.5 Å². The number of aromatic carboxylic acids is 1. The van der Waals surface area contributed by atoms with Gasteiger partial charge in [0.05, 0.1) is 15.9 Å². The average Bonchev–Trinajstić information content (AvgIpc) is 2.78. The van der Waals surface area contributed by atoms with E-state index in [1.807, 2.05) is 20.8 Å². The highest BCUT2D eigenvalue weighted by molar-refractivity contribution is 9.10. The minimum absolute atomic E-state index is 0.0950. The van der Waals surface area contributed by atoms with Crippen molar-refractivity contribution in [3.05, 3.63) is 39.4 Å². The molecule has 0 aliphatic rings. The summed E-state index contributed by atoms with van der Waals surface area (Å²) in [7, 11) is 0. The summed E-state index contributed by atoms with van der Waals surface area (Å²) in [6.07, 6.45) is 0. The standard InChI is InChI=1S/C14H15BrFN3O2/c1-7-5-9(16)8(15)6-10(7)19-12(14(2,3)4)11(13(20)21)17-18-19/h5-6H,1-4H3,(H,20,21). The number of benzene rings is 1. The van der Waals surface area contributed by atoms with E-state index in [9.17, 15) is 14.3 Å². The summed E-state index contributed by atoms with van der Waals surface area (Å²) in [4.78, 5) is 11.3. The van der Waals surface area contributed by atoms with Gasteiger partial charge in [0, 0.05) is 5.41 Å². The molecule has 0 atom stereocenters. The lowest BCUT2D eigenvalue weighted by molar-refractivity contribution is 0.0687. The summed E-state index contributed by atoms with van der Waals surface area (Å²) < 4.78 is 15.3. The molecule has 1 heterocycles. The third kappa shape index (κ3) is 2.83. The molecule has 5 nitrogen and oxygen atoms in total. The molecule has 0 amide bonds. The van der Waals surface area contributed by atoms with Crippen molar-refractivity contribution in [2.45, 2.75) is 33.1 Å². The third-order valence-corrected chi connectivity index (χ3v) is 3.66. The van der Waals surface area contributed by atoms with E-state index in [1.165, 1.54) is 10.7 Å². The molecule has 0 aliphatic carbocycles. The van der Waals surface area contributed by atoms with Gasteiger partial charge in [-0.05, 0) is 40.5 Å². The van der Waals surface area contributed by atoms with Crippen LogP contribution in [-0.2, 0) is 5.41 Å². The van der Waals surface area contributed by atoms with Gasteiger partial charge in [-0.1, -0.05) is 26.0 Å². The molecule has 0 bridgehead atoms. The lowest BCUT2D eigenvalue weighted by Crippen LogP contribution is -2.21. The first-order valence-electron chi connectivity index (χ1n) is 6.28. The Morgan fingerprint density at radius 2 is 2.00 bits per heavy atom. The Balaban J connectivity index is 2.77. The molecule has 0 saturated carbocycles. The Morgan fingerprint density at radius 3 is 2.52 bits per heavy atom. The molecule has 1 N–H and O–H groups in total. The molecule has 7 heteroatoms. The van der Waals surface area contributed by atoms with Gasteiger partial charge in [-0.15, -0.1) is 5.10 Å². The summed E-state index contributed by atoms with van der Waals surface area (Å²) in [6.45, 7) is 7.37. The number of carboxylic acid groups (broad SMARTS) is 1. The van der Waals surface area contributed by atoms with Crippen LogP contribution in [0.2, 0.25) is 0 Å². The first-order valence-corrected chi connectivity index (χ1v) is 7.07. The summed E-state index contributed by atoms with van der Waals surface area (Å²) in [6, 6.07) is 2.94. The van der Waals surface area contributed by atoms with Crippen molar-refractivity contribution in [1.82, 2.24) is 15.0 Å². The number of carbonyl (C=O) groups is 1. The number of aromatic nitrogens is 3. The van der Waals surface area contributed by atoms with Gasteiger partial charge in [0.2, 0.25) is 0 Å². The van der Waals surface area contributed by atoms with Gasteiger partial charge in [0.1, 0.15) is 5.82 Å². The zero-order chi connectivity index (χ0) is 15.9. The van der Waals surface area contributed by atoms with Crippen LogP contribution in [0.5, 0.6) is 0 Å². The summed E-state index contributed by atoms with van der Waals surface area (Å²) >= 11 is 3.14. The molecule has 0 fully saturated rings. The number of hydrogen-bond acceptors (Lipinski definition) is 3. The average molecular weight is 356 g/mol. The number of hydrogen-bond donors (Lipinski definition) is 1. The Hall–Kier alpha value is -1.76. The summed E-state index contributed by atoms with van der Waals surface area (Å²) in [5.41, 5.74) is 1.13. The summed E-state index contributed by atoms with van der Waals surface area (Å²) in [5, 5.41) is 17.0. The molecule has 21 heavy (non-hydrogen) atoms. The molecule has 1 aromatic heterocycles. The Labute approximate surface area is 129 Å². The molecule has 0 spiro atoms.